The second kappa shape index (κ2) is 11.5. The van der Waals surface area contributed by atoms with Crippen LogP contribution in [-0.4, -0.2) is 35.9 Å². The van der Waals surface area contributed by atoms with E-state index in [2.05, 4.69) is 12.2 Å². The average Bonchev–Trinajstić information content (AvgIpc) is 3.16. The van der Waals surface area contributed by atoms with Crippen LogP contribution in [0.3, 0.4) is 0 Å². The molecule has 1 aliphatic rings. The van der Waals surface area contributed by atoms with Gasteiger partial charge in [0.25, 0.3) is 0 Å². The molecule has 4 unspecified atom stereocenters. The molecule has 20 heavy (non-hydrogen) atoms. The minimum Gasteiger partial charge on any atom is -0.396 e. The Morgan fingerprint density at radius 1 is 1.30 bits per heavy atom. The van der Waals surface area contributed by atoms with Gasteiger partial charge in [0, 0.05) is 13.2 Å². The molecule has 4 heteroatoms. The van der Waals surface area contributed by atoms with E-state index in [1.54, 1.807) is 0 Å². The molecule has 122 valence electrons. The lowest BCUT2D eigenvalue weighted by Gasteiger charge is -2.19. The fraction of sp³-hybridized carbons (Fsp3) is 1.00. The van der Waals surface area contributed by atoms with Crippen molar-refractivity contribution in [3.63, 3.8) is 0 Å². The van der Waals surface area contributed by atoms with Crippen molar-refractivity contribution in [3.8, 4) is 0 Å². The van der Waals surface area contributed by atoms with Crippen LogP contribution in [0, 0.1) is 17.8 Å². The molecular weight excluding hydrogens is 254 g/mol. The van der Waals surface area contributed by atoms with Gasteiger partial charge in [0.2, 0.25) is 6.41 Å². The number of ether oxygens (including phenoxy) is 1. The van der Waals surface area contributed by atoms with E-state index in [1.807, 2.05) is 27.7 Å². The topological polar surface area (TPSA) is 61.7 Å². The van der Waals surface area contributed by atoms with E-state index < -0.39 is 6.41 Å². The quantitative estimate of drug-likeness (QED) is 0.541. The minimum absolute atomic E-state index is 0.0341. The molecule has 0 aromatic heterocycles. The molecule has 4 nitrogen and oxygen atoms in total. The number of hydrogen-bond donors (Lipinski definition) is 3. The first-order valence-electron chi connectivity index (χ1n) is 8.26. The highest BCUT2D eigenvalue weighted by Crippen LogP contribution is 2.48. The van der Waals surface area contributed by atoms with E-state index in [0.29, 0.717) is 12.5 Å². The zero-order chi connectivity index (χ0) is 15.5. The standard InChI is InChI=1S/C14H29NO3.C2H6/c1-4-11(13-9-12(13)6-8-16)5-7-15-14(17)18-10(2)3;1-2/h10-17H,4-9H2,1-3H3;1-2H3. The van der Waals surface area contributed by atoms with E-state index in [0.717, 1.165) is 31.2 Å². The smallest absolute Gasteiger partial charge is 0.213 e. The Morgan fingerprint density at radius 2 is 1.95 bits per heavy atom. The molecule has 0 heterocycles. The van der Waals surface area contributed by atoms with Crippen molar-refractivity contribution in [1.82, 2.24) is 5.32 Å². The van der Waals surface area contributed by atoms with Crippen molar-refractivity contribution in [2.75, 3.05) is 13.2 Å². The summed E-state index contributed by atoms with van der Waals surface area (Å²) in [6, 6.07) is 0. The van der Waals surface area contributed by atoms with Crippen molar-refractivity contribution in [1.29, 1.82) is 0 Å². The summed E-state index contributed by atoms with van der Waals surface area (Å²) in [5, 5.41) is 21.4. The van der Waals surface area contributed by atoms with Crippen molar-refractivity contribution in [2.24, 2.45) is 17.8 Å². The molecule has 0 spiro atoms. The molecule has 1 fully saturated rings. The van der Waals surface area contributed by atoms with Crippen LogP contribution in [-0.2, 0) is 4.74 Å². The molecule has 1 aliphatic carbocycles. The summed E-state index contributed by atoms with van der Waals surface area (Å²) < 4.78 is 5.21. The maximum Gasteiger partial charge on any atom is 0.213 e. The van der Waals surface area contributed by atoms with E-state index in [-0.39, 0.29) is 6.10 Å². The highest BCUT2D eigenvalue weighted by molar-refractivity contribution is 4.90. The Bertz CT molecular complexity index is 224. The molecule has 0 aliphatic heterocycles. The van der Waals surface area contributed by atoms with Crippen LogP contribution in [0.15, 0.2) is 0 Å². The van der Waals surface area contributed by atoms with E-state index in [1.165, 1.54) is 12.8 Å². The van der Waals surface area contributed by atoms with Gasteiger partial charge in [0.15, 0.2) is 0 Å². The first kappa shape index (κ1) is 19.8. The third-order valence-corrected chi connectivity index (χ3v) is 3.84. The first-order chi connectivity index (χ1) is 9.58. The van der Waals surface area contributed by atoms with E-state index >= 15 is 0 Å². The summed E-state index contributed by atoms with van der Waals surface area (Å²) in [5.41, 5.74) is 0. The maximum absolute atomic E-state index is 9.53. The summed E-state index contributed by atoms with van der Waals surface area (Å²) >= 11 is 0. The Labute approximate surface area is 124 Å². The number of rotatable bonds is 10. The molecule has 0 amide bonds. The summed E-state index contributed by atoms with van der Waals surface area (Å²) in [6.07, 6.45) is 3.65. The molecule has 0 aromatic carbocycles. The predicted octanol–water partition coefficient (Wildman–Crippen LogP) is 2.74. The van der Waals surface area contributed by atoms with Crippen molar-refractivity contribution >= 4 is 0 Å². The van der Waals surface area contributed by atoms with Crippen LogP contribution in [0.25, 0.3) is 0 Å². The van der Waals surface area contributed by atoms with Crippen molar-refractivity contribution in [2.45, 2.75) is 72.8 Å². The van der Waals surface area contributed by atoms with Crippen LogP contribution in [0.2, 0.25) is 0 Å². The summed E-state index contributed by atoms with van der Waals surface area (Å²) in [6.45, 7) is 11.1. The molecule has 3 N–H and O–H groups in total. The van der Waals surface area contributed by atoms with Gasteiger partial charge in [-0.1, -0.05) is 27.2 Å². The van der Waals surface area contributed by atoms with Gasteiger partial charge in [-0.05, 0) is 50.9 Å². The van der Waals surface area contributed by atoms with Crippen LogP contribution in [0.5, 0.6) is 0 Å². The van der Waals surface area contributed by atoms with E-state index in [9.17, 15) is 5.11 Å². The van der Waals surface area contributed by atoms with E-state index in [4.69, 9.17) is 9.84 Å². The van der Waals surface area contributed by atoms with Crippen LogP contribution >= 0.6 is 0 Å². The molecule has 0 aromatic rings. The molecule has 1 saturated carbocycles. The van der Waals surface area contributed by atoms with Crippen LogP contribution < -0.4 is 5.32 Å². The monoisotopic (exact) mass is 289 g/mol. The second-order valence-electron chi connectivity index (χ2n) is 5.62. The lowest BCUT2D eigenvalue weighted by molar-refractivity contribution is -0.144. The SMILES string of the molecule is CC.CCC(CCNC(O)OC(C)C)C1CC1CCO. The number of aliphatic hydroxyl groups is 2. The van der Waals surface area contributed by atoms with Gasteiger partial charge in [-0.2, -0.15) is 0 Å². The minimum atomic E-state index is -0.852. The third kappa shape index (κ3) is 8.20. The summed E-state index contributed by atoms with van der Waals surface area (Å²) in [7, 11) is 0. The van der Waals surface area contributed by atoms with Gasteiger partial charge >= 0.3 is 0 Å². The molecule has 0 saturated heterocycles. The van der Waals surface area contributed by atoms with Gasteiger partial charge < -0.3 is 14.9 Å². The molecule has 0 radical (unpaired) electrons. The summed E-state index contributed by atoms with van der Waals surface area (Å²) in [5.74, 6) is 2.23. The lowest BCUT2D eigenvalue weighted by atomic mass is 9.95. The van der Waals surface area contributed by atoms with Crippen molar-refractivity contribution < 1.29 is 14.9 Å². The van der Waals surface area contributed by atoms with Gasteiger partial charge in [-0.25, -0.2) is 0 Å². The second-order valence-corrected chi connectivity index (χ2v) is 5.62. The molecular formula is C16H35NO3. The Kier molecular flexibility index (Phi) is 11.4. The summed E-state index contributed by atoms with van der Waals surface area (Å²) in [4.78, 5) is 0. The van der Waals surface area contributed by atoms with Crippen LogP contribution in [0.4, 0.5) is 0 Å². The number of hydrogen-bond acceptors (Lipinski definition) is 4. The zero-order valence-corrected chi connectivity index (χ0v) is 13.9. The largest absolute Gasteiger partial charge is 0.396 e. The zero-order valence-electron chi connectivity index (χ0n) is 13.9. The normalized spacial score (nSPS) is 24.0. The van der Waals surface area contributed by atoms with Crippen LogP contribution in [0.1, 0.15) is 60.3 Å². The Balaban J connectivity index is 0.00000172. The Morgan fingerprint density at radius 3 is 2.45 bits per heavy atom. The van der Waals surface area contributed by atoms with Gasteiger partial charge in [0.05, 0.1) is 6.10 Å². The highest BCUT2D eigenvalue weighted by Gasteiger charge is 2.40. The maximum atomic E-state index is 9.53. The fourth-order valence-electron chi connectivity index (χ4n) is 2.77. The number of aliphatic hydroxyl groups excluding tert-OH is 2. The lowest BCUT2D eigenvalue weighted by Crippen LogP contribution is -2.35. The van der Waals surface area contributed by atoms with Gasteiger partial charge in [-0.15, -0.1) is 0 Å². The van der Waals surface area contributed by atoms with Gasteiger partial charge in [0.1, 0.15) is 0 Å². The van der Waals surface area contributed by atoms with Crippen molar-refractivity contribution in [3.05, 3.63) is 0 Å². The first-order valence-corrected chi connectivity index (χ1v) is 8.26. The fourth-order valence-corrected chi connectivity index (χ4v) is 2.77. The highest BCUT2D eigenvalue weighted by atomic mass is 16.6. The van der Waals surface area contributed by atoms with Gasteiger partial charge in [-0.3, -0.25) is 5.32 Å². The molecule has 0 bridgehead atoms. The number of nitrogens with one attached hydrogen (secondary N) is 1. The average molecular weight is 289 g/mol. The molecule has 4 atom stereocenters. The predicted molar refractivity (Wildman–Crippen MR) is 83.3 cm³/mol. The molecule has 1 rings (SSSR count). The Hall–Kier alpha value is -0.160. The third-order valence-electron chi connectivity index (χ3n) is 3.84.